The second kappa shape index (κ2) is 19.2. The van der Waals surface area contributed by atoms with E-state index >= 15 is 0 Å². The predicted molar refractivity (Wildman–Crippen MR) is 174 cm³/mol. The number of rotatable bonds is 18. The third-order valence-corrected chi connectivity index (χ3v) is 8.53. The van der Waals surface area contributed by atoms with E-state index in [9.17, 15) is 47.8 Å². The minimum atomic E-state index is -3.02. The second-order valence-corrected chi connectivity index (χ2v) is 12.3. The summed E-state index contributed by atoms with van der Waals surface area (Å²) in [6.45, 7) is 1.23. The number of nitrogens with one attached hydrogen (secondary N) is 4. The first-order chi connectivity index (χ1) is 23.3. The number of aliphatic carboxylic acids is 2. The van der Waals surface area contributed by atoms with Gasteiger partial charge in [0.2, 0.25) is 30.1 Å². The van der Waals surface area contributed by atoms with Crippen LogP contribution in [0.4, 0.5) is 8.78 Å². The first-order valence-corrected chi connectivity index (χ1v) is 16.4. The number of halogens is 2. The molecule has 0 aromatic heterocycles. The van der Waals surface area contributed by atoms with E-state index in [-0.39, 0.29) is 18.8 Å². The highest BCUT2D eigenvalue weighted by Crippen LogP contribution is 2.29. The van der Waals surface area contributed by atoms with Crippen molar-refractivity contribution in [3.05, 3.63) is 71.8 Å². The largest absolute Gasteiger partial charge is 0.481 e. The molecular weight excluding hydrogens is 642 g/mol. The quantitative estimate of drug-likeness (QED) is 0.138. The molecule has 1 aliphatic rings. The zero-order chi connectivity index (χ0) is 35.9. The van der Waals surface area contributed by atoms with E-state index in [4.69, 9.17) is 0 Å². The van der Waals surface area contributed by atoms with Crippen molar-refractivity contribution in [2.24, 2.45) is 5.92 Å². The van der Waals surface area contributed by atoms with Gasteiger partial charge in [-0.2, -0.15) is 0 Å². The topological polar surface area (TPSA) is 191 Å². The molecule has 14 heteroatoms. The van der Waals surface area contributed by atoms with Crippen molar-refractivity contribution in [3.63, 3.8) is 0 Å². The van der Waals surface area contributed by atoms with Gasteiger partial charge in [-0.05, 0) is 29.9 Å². The first kappa shape index (κ1) is 38.6. The Labute approximate surface area is 283 Å². The van der Waals surface area contributed by atoms with Crippen LogP contribution in [-0.2, 0) is 28.8 Å². The van der Waals surface area contributed by atoms with Crippen molar-refractivity contribution in [3.8, 4) is 0 Å². The molecule has 0 aliphatic heterocycles. The van der Waals surface area contributed by atoms with Crippen LogP contribution >= 0.6 is 0 Å². The van der Waals surface area contributed by atoms with Crippen LogP contribution in [0.2, 0.25) is 0 Å². The number of carbonyl (C=O) groups is 6. The van der Waals surface area contributed by atoms with E-state index in [0.717, 1.165) is 32.1 Å². The number of amides is 4. The highest BCUT2D eigenvalue weighted by Gasteiger charge is 2.36. The molecule has 266 valence electrons. The Morgan fingerprint density at radius 3 is 1.71 bits per heavy atom. The Balaban J connectivity index is 1.93. The Kier molecular flexibility index (Phi) is 15.1. The highest BCUT2D eigenvalue weighted by atomic mass is 19.3. The van der Waals surface area contributed by atoms with E-state index in [1.807, 2.05) is 0 Å². The third kappa shape index (κ3) is 12.6. The molecule has 49 heavy (non-hydrogen) atoms. The maximum atomic E-state index is 14.0. The van der Waals surface area contributed by atoms with Gasteiger partial charge in [-0.15, -0.1) is 0 Å². The third-order valence-electron chi connectivity index (χ3n) is 8.53. The summed E-state index contributed by atoms with van der Waals surface area (Å²) < 4.78 is 26.2. The molecular formula is C35H44F2N4O8. The summed E-state index contributed by atoms with van der Waals surface area (Å²) >= 11 is 0. The van der Waals surface area contributed by atoms with Crippen LogP contribution in [0.15, 0.2) is 60.7 Å². The van der Waals surface area contributed by atoms with Gasteiger partial charge in [-0.1, -0.05) is 92.8 Å². The van der Waals surface area contributed by atoms with Gasteiger partial charge in [0.1, 0.15) is 24.2 Å². The van der Waals surface area contributed by atoms with Gasteiger partial charge in [0.05, 0.1) is 0 Å². The van der Waals surface area contributed by atoms with E-state index in [1.165, 1.54) is 6.92 Å². The van der Waals surface area contributed by atoms with Gasteiger partial charge in [0, 0.05) is 25.7 Å². The molecule has 1 saturated carbocycles. The van der Waals surface area contributed by atoms with Crippen LogP contribution in [0.25, 0.3) is 0 Å². The molecule has 4 amide bonds. The van der Waals surface area contributed by atoms with E-state index in [1.54, 1.807) is 60.7 Å². The Hall–Kier alpha value is -4.88. The van der Waals surface area contributed by atoms with Crippen molar-refractivity contribution < 1.29 is 47.8 Å². The van der Waals surface area contributed by atoms with Crippen molar-refractivity contribution in [1.82, 2.24) is 21.3 Å². The SMILES string of the molecule is CC(=O)N[C@H](C(=O)N[C@@H](CCC(=O)O)C(=O)N[C@@H](CC1CCCCC1)C(=O)N[C@@H](CC(F)F)C(=O)O)C(c1ccccc1)c1ccccc1. The molecule has 4 atom stereocenters. The summed E-state index contributed by atoms with van der Waals surface area (Å²) in [5, 5.41) is 28.7. The molecule has 3 rings (SSSR count). The first-order valence-electron chi connectivity index (χ1n) is 16.4. The lowest BCUT2D eigenvalue weighted by atomic mass is 9.84. The average Bonchev–Trinajstić information content (AvgIpc) is 3.06. The normalized spacial score (nSPS) is 15.8. The fourth-order valence-corrected chi connectivity index (χ4v) is 6.15. The van der Waals surface area contributed by atoms with Gasteiger partial charge < -0.3 is 31.5 Å². The molecule has 12 nitrogen and oxygen atoms in total. The van der Waals surface area contributed by atoms with E-state index < -0.39 is 84.9 Å². The molecule has 0 unspecified atom stereocenters. The van der Waals surface area contributed by atoms with Crippen LogP contribution in [-0.4, -0.2) is 76.4 Å². The lowest BCUT2D eigenvalue weighted by molar-refractivity contribution is -0.143. The summed E-state index contributed by atoms with van der Waals surface area (Å²) in [5.74, 6) is -6.93. The van der Waals surface area contributed by atoms with Gasteiger partial charge in [-0.25, -0.2) is 13.6 Å². The maximum Gasteiger partial charge on any atom is 0.326 e. The van der Waals surface area contributed by atoms with Crippen molar-refractivity contribution >= 4 is 35.6 Å². The molecule has 0 radical (unpaired) electrons. The van der Waals surface area contributed by atoms with Crippen LogP contribution in [0, 0.1) is 5.92 Å². The number of benzene rings is 2. The van der Waals surface area contributed by atoms with Crippen molar-refractivity contribution in [2.45, 2.75) is 101 Å². The van der Waals surface area contributed by atoms with Crippen molar-refractivity contribution in [1.29, 1.82) is 0 Å². The monoisotopic (exact) mass is 686 g/mol. The Bertz CT molecular complexity index is 1380. The summed E-state index contributed by atoms with van der Waals surface area (Å²) in [7, 11) is 0. The molecule has 0 saturated heterocycles. The molecule has 0 spiro atoms. The molecule has 2 aromatic rings. The van der Waals surface area contributed by atoms with Crippen LogP contribution in [0.5, 0.6) is 0 Å². The summed E-state index contributed by atoms with van der Waals surface area (Å²) in [4.78, 5) is 76.7. The number of carboxylic acid groups (broad SMARTS) is 2. The molecule has 1 aliphatic carbocycles. The maximum absolute atomic E-state index is 14.0. The zero-order valence-corrected chi connectivity index (χ0v) is 27.3. The van der Waals surface area contributed by atoms with Gasteiger partial charge in [0.15, 0.2) is 0 Å². The minimum absolute atomic E-state index is 0.0307. The fraction of sp³-hybridized carbons (Fsp3) is 0.486. The van der Waals surface area contributed by atoms with Gasteiger partial charge in [-0.3, -0.25) is 24.0 Å². The Morgan fingerprint density at radius 2 is 1.22 bits per heavy atom. The van der Waals surface area contributed by atoms with Crippen molar-refractivity contribution in [2.75, 3.05) is 0 Å². The number of hydrogen-bond acceptors (Lipinski definition) is 6. The molecule has 0 heterocycles. The Morgan fingerprint density at radius 1 is 0.714 bits per heavy atom. The fourth-order valence-electron chi connectivity index (χ4n) is 6.15. The summed E-state index contributed by atoms with van der Waals surface area (Å²) in [6, 6.07) is 11.8. The number of carbonyl (C=O) groups excluding carboxylic acids is 4. The van der Waals surface area contributed by atoms with Crippen LogP contribution in [0.3, 0.4) is 0 Å². The molecule has 6 N–H and O–H groups in total. The number of carboxylic acids is 2. The zero-order valence-electron chi connectivity index (χ0n) is 27.3. The van der Waals surface area contributed by atoms with Crippen LogP contribution in [0.1, 0.15) is 81.8 Å². The summed E-state index contributed by atoms with van der Waals surface area (Å²) in [5.41, 5.74) is 1.35. The lowest BCUT2D eigenvalue weighted by Crippen LogP contribution is -2.58. The lowest BCUT2D eigenvalue weighted by Gasteiger charge is -2.31. The number of hydrogen-bond donors (Lipinski definition) is 6. The smallest absolute Gasteiger partial charge is 0.326 e. The molecule has 2 aromatic carbocycles. The molecule has 1 fully saturated rings. The highest BCUT2D eigenvalue weighted by molar-refractivity contribution is 5.95. The van der Waals surface area contributed by atoms with Gasteiger partial charge >= 0.3 is 11.9 Å². The van der Waals surface area contributed by atoms with Gasteiger partial charge in [0.25, 0.3) is 0 Å². The van der Waals surface area contributed by atoms with E-state index in [2.05, 4.69) is 21.3 Å². The summed E-state index contributed by atoms with van der Waals surface area (Å²) in [6.07, 6.45) is -0.802. The molecule has 0 bridgehead atoms. The minimum Gasteiger partial charge on any atom is -0.481 e. The van der Waals surface area contributed by atoms with Crippen LogP contribution < -0.4 is 21.3 Å². The predicted octanol–water partition coefficient (Wildman–Crippen LogP) is 3.35. The van der Waals surface area contributed by atoms with E-state index in [0.29, 0.717) is 11.1 Å². The second-order valence-electron chi connectivity index (χ2n) is 12.3. The number of alkyl halides is 2. The standard InChI is InChI=1S/C35H44F2N4O8/c1-21(42)38-31(30(23-13-7-3-8-14-23)24-15-9-4-10-16-24)34(47)39-25(17-18-29(43)44)32(45)40-26(19-22-11-5-2-6-12-22)33(46)41-27(35(48)49)20-28(36)37/h3-4,7-10,13-16,22,25-28,30-31H,2,5-6,11-12,17-20H2,1H3,(H,38,42)(H,39,47)(H,40,45)(H,41,46)(H,43,44)(H,48,49)/t25-,26-,27-,31-/m0/s1. The average molecular weight is 687 g/mol.